The maximum Gasteiger partial charge on any atom is 0.330 e. The number of rotatable bonds is 5. The molecule has 0 bridgehead atoms. The number of halogens is 1. The number of hydrogen-bond donors (Lipinski definition) is 0. The van der Waals surface area contributed by atoms with Crippen molar-refractivity contribution in [2.75, 3.05) is 6.61 Å². The second kappa shape index (κ2) is 6.19. The maximum absolute atomic E-state index is 10.9. The highest BCUT2D eigenvalue weighted by molar-refractivity contribution is 14.1. The number of benzene rings is 1. The molecule has 17 heavy (non-hydrogen) atoms. The van der Waals surface area contributed by atoms with Gasteiger partial charge in [0.1, 0.15) is 0 Å². The first kappa shape index (κ1) is 14.2. The smallest absolute Gasteiger partial charge is 0.330 e. The van der Waals surface area contributed by atoms with Gasteiger partial charge in [-0.15, -0.1) is 0 Å². The van der Waals surface area contributed by atoms with Crippen LogP contribution in [0.2, 0.25) is 0 Å². The minimum absolute atomic E-state index is 0.0802. The van der Waals surface area contributed by atoms with E-state index < -0.39 is 0 Å². The maximum atomic E-state index is 10.9. The molecule has 0 N–H and O–H groups in total. The van der Waals surface area contributed by atoms with Crippen LogP contribution in [-0.2, 0) is 19.4 Å². The minimum atomic E-state index is -0.365. The highest BCUT2D eigenvalue weighted by Gasteiger charge is 2.18. The Labute approximate surface area is 116 Å². The van der Waals surface area contributed by atoms with Crippen molar-refractivity contribution >= 4 is 28.6 Å². The van der Waals surface area contributed by atoms with E-state index in [1.807, 2.05) is 12.1 Å². The van der Waals surface area contributed by atoms with Crippen LogP contribution in [0, 0.1) is 0 Å². The molecule has 1 rings (SSSR count). The number of carbonyl (C=O) groups excluding carboxylic acids is 1. The Morgan fingerprint density at radius 2 is 2.12 bits per heavy atom. The molecule has 1 aromatic carbocycles. The summed E-state index contributed by atoms with van der Waals surface area (Å²) in [5, 5.41) is 0. The lowest BCUT2D eigenvalue weighted by Crippen LogP contribution is -2.12. The van der Waals surface area contributed by atoms with E-state index in [1.54, 1.807) is 0 Å². The van der Waals surface area contributed by atoms with Crippen molar-refractivity contribution in [3.8, 4) is 0 Å². The predicted molar refractivity (Wildman–Crippen MR) is 78.3 cm³/mol. The van der Waals surface area contributed by atoms with Crippen LogP contribution >= 0.6 is 22.6 Å². The molecule has 2 nitrogen and oxygen atoms in total. The molecule has 0 heterocycles. The second-order valence-corrected chi connectivity index (χ2v) is 6.95. The first-order valence-electron chi connectivity index (χ1n) is 5.51. The molecule has 0 aliphatic heterocycles. The average Bonchev–Trinajstić information content (AvgIpc) is 2.28. The number of alkyl halides is 1. The molecule has 3 heteroatoms. The zero-order valence-corrected chi connectivity index (χ0v) is 12.4. The zero-order valence-electron chi connectivity index (χ0n) is 10.2. The molecule has 0 amide bonds. The van der Waals surface area contributed by atoms with E-state index in [4.69, 9.17) is 4.74 Å². The van der Waals surface area contributed by atoms with Gasteiger partial charge in [0.15, 0.2) is 0 Å². The lowest BCUT2D eigenvalue weighted by Gasteiger charge is -2.21. The summed E-state index contributed by atoms with van der Waals surface area (Å²) in [6, 6.07) is 8.25. The van der Waals surface area contributed by atoms with Crippen LogP contribution in [0.15, 0.2) is 36.9 Å². The molecule has 1 aromatic rings. The van der Waals surface area contributed by atoms with Crippen LogP contribution in [-0.4, -0.2) is 12.6 Å². The van der Waals surface area contributed by atoms with E-state index in [-0.39, 0.29) is 9.39 Å². The first-order valence-corrected chi connectivity index (χ1v) is 6.59. The third-order valence-electron chi connectivity index (χ3n) is 2.44. The molecule has 0 saturated heterocycles. The third kappa shape index (κ3) is 4.50. The molecule has 0 atom stereocenters. The summed E-state index contributed by atoms with van der Waals surface area (Å²) in [6.07, 6.45) is 1.93. The van der Waals surface area contributed by atoms with Gasteiger partial charge in [-0.1, -0.05) is 53.4 Å². The highest BCUT2D eigenvalue weighted by atomic mass is 127. The van der Waals surface area contributed by atoms with Gasteiger partial charge in [-0.25, -0.2) is 4.79 Å². The molecule has 0 unspecified atom stereocenters. The van der Waals surface area contributed by atoms with Gasteiger partial charge < -0.3 is 4.74 Å². The number of ether oxygens (including phenoxy) is 1. The topological polar surface area (TPSA) is 26.3 Å². The van der Waals surface area contributed by atoms with E-state index in [1.165, 1.54) is 17.2 Å². The highest BCUT2D eigenvalue weighted by Crippen LogP contribution is 2.33. The van der Waals surface area contributed by atoms with Gasteiger partial charge >= 0.3 is 5.97 Å². The molecule has 0 fully saturated rings. The normalized spacial score (nSPS) is 11.0. The monoisotopic (exact) mass is 344 g/mol. The number of hydrogen-bond acceptors (Lipinski definition) is 2. The Balaban J connectivity index is 2.71. The Morgan fingerprint density at radius 1 is 1.47 bits per heavy atom. The summed E-state index contributed by atoms with van der Waals surface area (Å²) in [6.45, 7) is 8.10. The summed E-state index contributed by atoms with van der Waals surface area (Å²) in [5.74, 6) is -0.365. The molecule has 0 saturated carbocycles. The Kier molecular flexibility index (Phi) is 5.18. The second-order valence-electron chi connectivity index (χ2n) is 4.25. The van der Waals surface area contributed by atoms with Gasteiger partial charge in [0.25, 0.3) is 0 Å². The van der Waals surface area contributed by atoms with Gasteiger partial charge in [-0.2, -0.15) is 0 Å². The Bertz CT molecular complexity index is 405. The summed E-state index contributed by atoms with van der Waals surface area (Å²) >= 11 is 2.42. The van der Waals surface area contributed by atoms with Crippen LogP contribution in [0.1, 0.15) is 25.0 Å². The third-order valence-corrected chi connectivity index (χ3v) is 3.02. The lowest BCUT2D eigenvalue weighted by atomic mass is 9.95. The first-order chi connectivity index (χ1) is 7.95. The van der Waals surface area contributed by atoms with Crippen molar-refractivity contribution in [3.63, 3.8) is 0 Å². The average molecular weight is 344 g/mol. The van der Waals surface area contributed by atoms with E-state index in [0.29, 0.717) is 6.61 Å². The van der Waals surface area contributed by atoms with Crippen molar-refractivity contribution in [3.05, 3.63) is 48.0 Å². The minimum Gasteiger partial charge on any atom is -0.462 e. The quantitative estimate of drug-likeness (QED) is 0.353. The van der Waals surface area contributed by atoms with Crippen molar-refractivity contribution < 1.29 is 9.53 Å². The van der Waals surface area contributed by atoms with Crippen LogP contribution in [0.4, 0.5) is 0 Å². The lowest BCUT2D eigenvalue weighted by molar-refractivity contribution is -0.137. The van der Waals surface area contributed by atoms with Crippen molar-refractivity contribution in [2.45, 2.75) is 23.7 Å². The van der Waals surface area contributed by atoms with Gasteiger partial charge in [-0.3, -0.25) is 0 Å². The molecular formula is C14H17IO2. The standard InChI is InChI=1S/C14H17IO2/c1-4-13(16)17-10-9-11-7-5-6-8-12(11)14(2,3)15/h4-8H,1,9-10H2,2-3H3. The Hall–Kier alpha value is -0.840. The van der Waals surface area contributed by atoms with Gasteiger partial charge in [0.05, 0.1) is 6.61 Å². The van der Waals surface area contributed by atoms with E-state index in [0.717, 1.165) is 6.42 Å². The van der Waals surface area contributed by atoms with Crippen LogP contribution < -0.4 is 0 Å². The van der Waals surface area contributed by atoms with Crippen LogP contribution in [0.25, 0.3) is 0 Å². The van der Waals surface area contributed by atoms with E-state index in [2.05, 4.69) is 55.2 Å². The fraction of sp³-hybridized carbons (Fsp3) is 0.357. The van der Waals surface area contributed by atoms with E-state index in [9.17, 15) is 4.79 Å². The van der Waals surface area contributed by atoms with Crippen LogP contribution in [0.3, 0.4) is 0 Å². The van der Waals surface area contributed by atoms with Crippen molar-refractivity contribution in [2.24, 2.45) is 0 Å². The zero-order chi connectivity index (χ0) is 12.9. The summed E-state index contributed by atoms with van der Waals surface area (Å²) < 4.78 is 5.08. The van der Waals surface area contributed by atoms with Crippen molar-refractivity contribution in [1.82, 2.24) is 0 Å². The van der Waals surface area contributed by atoms with E-state index >= 15 is 0 Å². The molecule has 0 aliphatic rings. The van der Waals surface area contributed by atoms with Gasteiger partial charge in [0.2, 0.25) is 0 Å². The molecule has 92 valence electrons. The SMILES string of the molecule is C=CC(=O)OCCc1ccccc1C(C)(C)I. The fourth-order valence-electron chi connectivity index (χ4n) is 1.64. The molecule has 0 aliphatic carbocycles. The molecule has 0 radical (unpaired) electrons. The largest absolute Gasteiger partial charge is 0.462 e. The predicted octanol–water partition coefficient (Wildman–Crippen LogP) is 3.63. The molecular weight excluding hydrogens is 327 g/mol. The van der Waals surface area contributed by atoms with Crippen molar-refractivity contribution in [1.29, 1.82) is 0 Å². The van der Waals surface area contributed by atoms with Gasteiger partial charge in [0, 0.05) is 15.9 Å². The number of carbonyl (C=O) groups is 1. The Morgan fingerprint density at radius 3 is 2.71 bits per heavy atom. The number of esters is 1. The summed E-state index contributed by atoms with van der Waals surface area (Å²) in [5.41, 5.74) is 2.51. The van der Waals surface area contributed by atoms with Gasteiger partial charge in [-0.05, 0) is 25.0 Å². The van der Waals surface area contributed by atoms with Crippen LogP contribution in [0.5, 0.6) is 0 Å². The fourth-order valence-corrected chi connectivity index (χ4v) is 2.16. The molecule has 0 spiro atoms. The molecule has 0 aromatic heterocycles. The summed E-state index contributed by atoms with van der Waals surface area (Å²) in [4.78, 5) is 10.9. The summed E-state index contributed by atoms with van der Waals surface area (Å²) in [7, 11) is 0.